The summed E-state index contributed by atoms with van der Waals surface area (Å²) in [6.45, 7) is 1.65. The Balaban J connectivity index is 3.10. The van der Waals surface area contributed by atoms with E-state index in [2.05, 4.69) is 0 Å². The zero-order valence-electron chi connectivity index (χ0n) is 13.6. The molecule has 0 amide bonds. The van der Waals surface area contributed by atoms with Crippen LogP contribution in [0.5, 0.6) is 0 Å². The van der Waals surface area contributed by atoms with Crippen LogP contribution < -0.4 is 0 Å². The lowest BCUT2D eigenvalue weighted by atomic mass is 9.80. The normalized spacial score (nSPS) is 20.2. The largest absolute Gasteiger partial charge is 0.461 e. The van der Waals surface area contributed by atoms with Gasteiger partial charge < -0.3 is 9.84 Å². The Labute approximate surface area is 155 Å². The lowest BCUT2D eigenvalue weighted by Crippen LogP contribution is -2.59. The first-order chi connectivity index (χ1) is 11.3. The number of alkyl halides is 7. The molecule has 0 aromatic carbocycles. The quantitative estimate of drug-likeness (QED) is 0.249. The molecule has 0 bridgehead atoms. The number of hydrogen-bond donors (Lipinski definition) is 1. The second-order valence-corrected chi connectivity index (χ2v) is 7.81. The Bertz CT molecular complexity index is 432. The Kier molecular flexibility index (Phi) is 7.85. The lowest BCUT2D eigenvalue weighted by molar-refractivity contribution is -0.375. The van der Waals surface area contributed by atoms with Crippen LogP contribution in [0.3, 0.4) is 0 Å². The molecule has 0 radical (unpaired) electrons. The first-order valence-electron chi connectivity index (χ1n) is 8.04. The first-order valence-corrected chi connectivity index (χ1v) is 9.28. The topological polar surface area (TPSA) is 46.5 Å². The number of aliphatic hydroxyl groups is 1. The van der Waals surface area contributed by atoms with Gasteiger partial charge in [-0.1, -0.05) is 48.8 Å². The van der Waals surface area contributed by atoms with Crippen molar-refractivity contribution in [3.05, 3.63) is 0 Å². The van der Waals surface area contributed by atoms with E-state index in [0.717, 1.165) is 6.42 Å². The van der Waals surface area contributed by atoms with Gasteiger partial charge in [0, 0.05) is 6.42 Å². The molecule has 0 aromatic heterocycles. The molecule has 0 spiro atoms. The molecule has 10 heteroatoms. The zero-order chi connectivity index (χ0) is 19.5. The summed E-state index contributed by atoms with van der Waals surface area (Å²) in [7, 11) is 0. The maximum absolute atomic E-state index is 13.0. The van der Waals surface area contributed by atoms with Gasteiger partial charge in [-0.05, 0) is 25.2 Å². The number of hydrogen-bond acceptors (Lipinski definition) is 3. The molecule has 25 heavy (non-hydrogen) atoms. The Morgan fingerprint density at radius 3 is 2.00 bits per heavy atom. The number of ether oxygens (including phenoxy) is 1. The van der Waals surface area contributed by atoms with Crippen molar-refractivity contribution in [1.29, 1.82) is 0 Å². The third kappa shape index (κ3) is 5.61. The van der Waals surface area contributed by atoms with Crippen LogP contribution in [0.1, 0.15) is 51.9 Å². The summed E-state index contributed by atoms with van der Waals surface area (Å²) in [5.41, 5.74) is -4.91. The second-order valence-electron chi connectivity index (χ2n) is 6.31. The van der Waals surface area contributed by atoms with Crippen LogP contribution in [0, 0.1) is 5.92 Å². The van der Waals surface area contributed by atoms with Gasteiger partial charge >= 0.3 is 18.3 Å². The molecule has 1 N–H and O–H groups in total. The molecule has 3 nitrogen and oxygen atoms in total. The van der Waals surface area contributed by atoms with Crippen LogP contribution in [0.4, 0.5) is 26.3 Å². The third-order valence-corrected chi connectivity index (χ3v) is 5.88. The van der Waals surface area contributed by atoms with Crippen molar-refractivity contribution in [2.45, 2.75) is 79.9 Å². The molecule has 148 valence electrons. The molecule has 0 saturated heterocycles. The van der Waals surface area contributed by atoms with Crippen LogP contribution in [0.25, 0.3) is 0 Å². The van der Waals surface area contributed by atoms with Crippen LogP contribution in [0.15, 0.2) is 0 Å². The molecule has 1 fully saturated rings. The summed E-state index contributed by atoms with van der Waals surface area (Å²) in [5.74, 6) is -1.49. The fourth-order valence-electron chi connectivity index (χ4n) is 2.88. The van der Waals surface area contributed by atoms with Gasteiger partial charge in [-0.15, -0.1) is 0 Å². The minimum absolute atomic E-state index is 0.333. The average Bonchev–Trinajstić information content (AvgIpc) is 2.51. The molecular formula is C15H21F6IO3. The molecule has 0 aliphatic heterocycles. The molecule has 0 aromatic rings. The van der Waals surface area contributed by atoms with E-state index < -0.39 is 46.3 Å². The van der Waals surface area contributed by atoms with Gasteiger partial charge in [-0.25, -0.2) is 0 Å². The van der Waals surface area contributed by atoms with Crippen LogP contribution in [-0.4, -0.2) is 39.1 Å². The zero-order valence-corrected chi connectivity index (χ0v) is 15.7. The van der Waals surface area contributed by atoms with Crippen molar-refractivity contribution >= 4 is 28.6 Å². The highest BCUT2D eigenvalue weighted by atomic mass is 127. The van der Waals surface area contributed by atoms with Gasteiger partial charge in [-0.3, -0.25) is 4.79 Å². The van der Waals surface area contributed by atoms with E-state index in [9.17, 15) is 36.2 Å². The SMILES string of the molecule is CCC(I)C(=O)OC(CC(O)(C(F)(F)F)C(F)(F)F)C1CCCCC1. The number of halogens is 7. The van der Waals surface area contributed by atoms with Gasteiger partial charge in [0.1, 0.15) is 10.0 Å². The standard InChI is InChI=1S/C15H21F6IO3/c1-2-10(22)12(23)25-11(9-6-4-3-5-7-9)8-13(24,14(16,17)18)15(19,20)21/h9-11,24H,2-8H2,1H3. The summed E-state index contributed by atoms with van der Waals surface area (Å²) >= 11 is 1.72. The van der Waals surface area contributed by atoms with E-state index in [0.29, 0.717) is 32.1 Å². The summed E-state index contributed by atoms with van der Waals surface area (Å²) in [4.78, 5) is 11.9. The average molecular weight is 490 g/mol. The molecule has 1 rings (SSSR count). The molecule has 2 atom stereocenters. The highest BCUT2D eigenvalue weighted by Gasteiger charge is 2.71. The maximum atomic E-state index is 13.0. The third-order valence-electron chi connectivity index (χ3n) is 4.49. The van der Waals surface area contributed by atoms with Crippen molar-refractivity contribution in [3.63, 3.8) is 0 Å². The minimum Gasteiger partial charge on any atom is -0.461 e. The molecule has 1 saturated carbocycles. The number of carbonyl (C=O) groups is 1. The van der Waals surface area contributed by atoms with E-state index in [-0.39, 0.29) is 0 Å². The molecule has 1 aliphatic rings. The number of rotatable bonds is 6. The fraction of sp³-hybridized carbons (Fsp3) is 0.933. The highest BCUT2D eigenvalue weighted by molar-refractivity contribution is 14.1. The first kappa shape index (κ1) is 22.8. The summed E-state index contributed by atoms with van der Waals surface area (Å²) in [5, 5.41) is 9.45. The summed E-state index contributed by atoms with van der Waals surface area (Å²) < 4.78 is 82.2. The van der Waals surface area contributed by atoms with Crippen molar-refractivity contribution in [3.8, 4) is 0 Å². The van der Waals surface area contributed by atoms with Gasteiger partial charge in [0.25, 0.3) is 5.60 Å². The van der Waals surface area contributed by atoms with Crippen molar-refractivity contribution in [1.82, 2.24) is 0 Å². The molecule has 1 aliphatic carbocycles. The lowest BCUT2D eigenvalue weighted by Gasteiger charge is -2.38. The molecular weight excluding hydrogens is 469 g/mol. The summed E-state index contributed by atoms with van der Waals surface area (Å²) in [6.07, 6.45) is -12.0. The fourth-order valence-corrected chi connectivity index (χ4v) is 3.03. The van der Waals surface area contributed by atoms with E-state index in [1.54, 1.807) is 29.5 Å². The van der Waals surface area contributed by atoms with Crippen molar-refractivity contribution < 1.29 is 41.0 Å². The van der Waals surface area contributed by atoms with E-state index >= 15 is 0 Å². The predicted molar refractivity (Wildman–Crippen MR) is 86.2 cm³/mol. The maximum Gasteiger partial charge on any atom is 0.426 e. The smallest absolute Gasteiger partial charge is 0.426 e. The van der Waals surface area contributed by atoms with Crippen LogP contribution in [0.2, 0.25) is 0 Å². The Hall–Kier alpha value is -0.260. The van der Waals surface area contributed by atoms with Crippen molar-refractivity contribution in [2.75, 3.05) is 0 Å². The minimum atomic E-state index is -5.92. The molecule has 0 heterocycles. The van der Waals surface area contributed by atoms with Gasteiger partial charge in [0.05, 0.1) is 0 Å². The molecule has 2 unspecified atom stereocenters. The van der Waals surface area contributed by atoms with Crippen molar-refractivity contribution in [2.24, 2.45) is 5.92 Å². The van der Waals surface area contributed by atoms with Gasteiger partial charge in [-0.2, -0.15) is 26.3 Å². The van der Waals surface area contributed by atoms with E-state index in [1.807, 2.05) is 0 Å². The van der Waals surface area contributed by atoms with E-state index in [1.165, 1.54) is 0 Å². The number of carbonyl (C=O) groups excluding carboxylic acids is 1. The van der Waals surface area contributed by atoms with Gasteiger partial charge in [0.2, 0.25) is 0 Å². The second kappa shape index (κ2) is 8.62. The van der Waals surface area contributed by atoms with Crippen LogP contribution >= 0.6 is 22.6 Å². The van der Waals surface area contributed by atoms with Crippen LogP contribution in [-0.2, 0) is 9.53 Å². The van der Waals surface area contributed by atoms with Gasteiger partial charge in [0.15, 0.2) is 0 Å². The predicted octanol–water partition coefficient (Wildman–Crippen LogP) is 4.94. The summed E-state index contributed by atoms with van der Waals surface area (Å²) in [6, 6.07) is 0. The highest BCUT2D eigenvalue weighted by Crippen LogP contribution is 2.47. The number of esters is 1. The monoisotopic (exact) mass is 490 g/mol. The van der Waals surface area contributed by atoms with E-state index in [4.69, 9.17) is 4.74 Å². The Morgan fingerprint density at radius 1 is 1.12 bits per heavy atom. The Morgan fingerprint density at radius 2 is 1.60 bits per heavy atom.